The number of aryl methyl sites for hydroxylation is 1. The van der Waals surface area contributed by atoms with Crippen LogP contribution in [0.5, 0.6) is 0 Å². The number of carboxylic acids is 1. The van der Waals surface area contributed by atoms with E-state index in [0.717, 1.165) is 23.1 Å². The molecule has 0 aliphatic heterocycles. The Labute approximate surface area is 115 Å². The highest BCUT2D eigenvalue weighted by Gasteiger charge is 2.24. The molecule has 1 aliphatic carbocycles. The van der Waals surface area contributed by atoms with Crippen LogP contribution in [-0.2, 0) is 0 Å². The molecule has 1 aromatic carbocycles. The van der Waals surface area contributed by atoms with Crippen LogP contribution in [0.3, 0.4) is 0 Å². The van der Waals surface area contributed by atoms with Gasteiger partial charge in [0.1, 0.15) is 0 Å². The number of benzene rings is 1. The van der Waals surface area contributed by atoms with E-state index in [1.807, 2.05) is 13.0 Å². The van der Waals surface area contributed by atoms with Gasteiger partial charge < -0.3 is 10.4 Å². The van der Waals surface area contributed by atoms with Crippen molar-refractivity contribution in [2.75, 3.05) is 5.32 Å². The average Bonchev–Trinajstić information content (AvgIpc) is 2.36. The first-order chi connectivity index (χ1) is 8.97. The van der Waals surface area contributed by atoms with E-state index in [2.05, 4.69) is 19.2 Å². The molecule has 19 heavy (non-hydrogen) atoms. The van der Waals surface area contributed by atoms with E-state index < -0.39 is 5.97 Å². The van der Waals surface area contributed by atoms with Crippen molar-refractivity contribution in [3.05, 3.63) is 29.3 Å². The molecule has 1 saturated carbocycles. The van der Waals surface area contributed by atoms with E-state index in [1.54, 1.807) is 12.1 Å². The number of carboxylic acid groups (broad SMARTS) is 1. The van der Waals surface area contributed by atoms with Crippen LogP contribution in [0.4, 0.5) is 5.69 Å². The number of hydrogen-bond donors (Lipinski definition) is 2. The number of hydrogen-bond acceptors (Lipinski definition) is 2. The lowest BCUT2D eigenvalue weighted by Gasteiger charge is -2.33. The van der Waals surface area contributed by atoms with Gasteiger partial charge in [-0.05, 0) is 61.8 Å². The Morgan fingerprint density at radius 1 is 1.26 bits per heavy atom. The van der Waals surface area contributed by atoms with Gasteiger partial charge in [-0.1, -0.05) is 13.8 Å². The predicted molar refractivity (Wildman–Crippen MR) is 77.7 cm³/mol. The summed E-state index contributed by atoms with van der Waals surface area (Å²) in [5.74, 6) is 0.702. The maximum absolute atomic E-state index is 10.9. The smallest absolute Gasteiger partial charge is 0.335 e. The van der Waals surface area contributed by atoms with Crippen molar-refractivity contribution in [3.63, 3.8) is 0 Å². The van der Waals surface area contributed by atoms with Crippen LogP contribution in [-0.4, -0.2) is 17.1 Å². The van der Waals surface area contributed by atoms with Gasteiger partial charge in [0.05, 0.1) is 5.56 Å². The highest BCUT2D eigenvalue weighted by Crippen LogP contribution is 2.31. The van der Waals surface area contributed by atoms with Gasteiger partial charge in [-0.2, -0.15) is 0 Å². The van der Waals surface area contributed by atoms with E-state index in [0.29, 0.717) is 11.6 Å². The monoisotopic (exact) mass is 261 g/mol. The zero-order valence-electron chi connectivity index (χ0n) is 11.9. The van der Waals surface area contributed by atoms with Crippen molar-refractivity contribution in [1.82, 2.24) is 0 Å². The van der Waals surface area contributed by atoms with Crippen LogP contribution >= 0.6 is 0 Å². The Balaban J connectivity index is 2.05. The lowest BCUT2D eigenvalue weighted by atomic mass is 9.79. The molecule has 1 aliphatic rings. The van der Waals surface area contributed by atoms with Crippen molar-refractivity contribution >= 4 is 11.7 Å². The van der Waals surface area contributed by atoms with Crippen molar-refractivity contribution in [3.8, 4) is 0 Å². The summed E-state index contributed by atoms with van der Waals surface area (Å²) in [4.78, 5) is 10.9. The summed E-state index contributed by atoms with van der Waals surface area (Å²) in [5.41, 5.74) is 2.43. The molecule has 3 nitrogen and oxygen atoms in total. The quantitative estimate of drug-likeness (QED) is 0.866. The number of rotatable bonds is 3. The highest BCUT2D eigenvalue weighted by molar-refractivity contribution is 5.88. The molecule has 3 heteroatoms. The number of carbonyl (C=O) groups is 1. The predicted octanol–water partition coefficient (Wildman–Crippen LogP) is 3.93. The normalized spacial score (nSPS) is 27.0. The second-order valence-corrected chi connectivity index (χ2v) is 5.94. The molecule has 0 aromatic heterocycles. The maximum Gasteiger partial charge on any atom is 0.335 e. The van der Waals surface area contributed by atoms with E-state index in [4.69, 9.17) is 5.11 Å². The third-order valence-corrected chi connectivity index (χ3v) is 4.43. The highest BCUT2D eigenvalue weighted by atomic mass is 16.4. The van der Waals surface area contributed by atoms with Crippen LogP contribution in [0.15, 0.2) is 18.2 Å². The van der Waals surface area contributed by atoms with Crippen LogP contribution < -0.4 is 5.32 Å². The van der Waals surface area contributed by atoms with E-state index in [-0.39, 0.29) is 0 Å². The topological polar surface area (TPSA) is 49.3 Å². The molecule has 1 aromatic rings. The molecule has 1 fully saturated rings. The fourth-order valence-electron chi connectivity index (χ4n) is 2.86. The van der Waals surface area contributed by atoms with Crippen molar-refractivity contribution < 1.29 is 9.90 Å². The van der Waals surface area contributed by atoms with Crippen molar-refractivity contribution in [2.45, 2.75) is 46.1 Å². The molecule has 0 heterocycles. The first-order valence-electron chi connectivity index (χ1n) is 7.08. The molecule has 0 saturated heterocycles. The van der Waals surface area contributed by atoms with Gasteiger partial charge in [-0.3, -0.25) is 0 Å². The SMILES string of the molecule is Cc1cc(C(=O)O)ccc1NC1CCC(C)C(C)C1. The minimum atomic E-state index is -0.866. The Kier molecular flexibility index (Phi) is 4.13. The summed E-state index contributed by atoms with van der Waals surface area (Å²) in [6, 6.07) is 5.81. The Morgan fingerprint density at radius 3 is 2.58 bits per heavy atom. The zero-order valence-corrected chi connectivity index (χ0v) is 11.9. The lowest BCUT2D eigenvalue weighted by molar-refractivity contribution is 0.0697. The molecule has 0 bridgehead atoms. The summed E-state index contributed by atoms with van der Waals surface area (Å²) in [7, 11) is 0. The largest absolute Gasteiger partial charge is 0.478 e. The van der Waals surface area contributed by atoms with Crippen LogP contribution in [0.1, 0.15) is 49.0 Å². The fourth-order valence-corrected chi connectivity index (χ4v) is 2.86. The third-order valence-electron chi connectivity index (χ3n) is 4.43. The molecule has 0 amide bonds. The van der Waals surface area contributed by atoms with Crippen molar-refractivity contribution in [1.29, 1.82) is 0 Å². The zero-order chi connectivity index (χ0) is 14.0. The van der Waals surface area contributed by atoms with E-state index in [1.165, 1.54) is 19.3 Å². The molecule has 2 rings (SSSR count). The second-order valence-electron chi connectivity index (χ2n) is 5.94. The van der Waals surface area contributed by atoms with Crippen LogP contribution in [0, 0.1) is 18.8 Å². The molecule has 2 N–H and O–H groups in total. The summed E-state index contributed by atoms with van der Waals surface area (Å²) in [6.07, 6.45) is 3.66. The summed E-state index contributed by atoms with van der Waals surface area (Å²) < 4.78 is 0. The van der Waals surface area contributed by atoms with Crippen molar-refractivity contribution in [2.24, 2.45) is 11.8 Å². The first-order valence-corrected chi connectivity index (χ1v) is 7.08. The van der Waals surface area contributed by atoms with Gasteiger partial charge in [0, 0.05) is 11.7 Å². The van der Waals surface area contributed by atoms with Crippen LogP contribution in [0.2, 0.25) is 0 Å². The first kappa shape index (κ1) is 13.9. The molecule has 104 valence electrons. The van der Waals surface area contributed by atoms with Gasteiger partial charge in [0.2, 0.25) is 0 Å². The molecule has 0 radical (unpaired) electrons. The minimum absolute atomic E-state index is 0.355. The standard InChI is InChI=1S/C16H23NO2/c1-10-4-6-14(9-11(10)2)17-15-7-5-13(16(18)19)8-12(15)3/h5,7-8,10-11,14,17H,4,6,9H2,1-3H3,(H,18,19). The summed E-state index contributed by atoms with van der Waals surface area (Å²) in [5, 5.41) is 12.5. The number of nitrogens with one attached hydrogen (secondary N) is 1. The molecular formula is C16H23NO2. The molecule has 0 spiro atoms. The van der Waals surface area contributed by atoms with Gasteiger partial charge in [0.25, 0.3) is 0 Å². The van der Waals surface area contributed by atoms with Gasteiger partial charge >= 0.3 is 5.97 Å². The maximum atomic E-state index is 10.9. The van der Waals surface area contributed by atoms with Gasteiger partial charge in [-0.15, -0.1) is 0 Å². The average molecular weight is 261 g/mol. The number of anilines is 1. The van der Waals surface area contributed by atoms with Gasteiger partial charge in [0.15, 0.2) is 0 Å². The lowest BCUT2D eigenvalue weighted by Crippen LogP contribution is -2.30. The Hall–Kier alpha value is -1.51. The summed E-state index contributed by atoms with van der Waals surface area (Å²) in [6.45, 7) is 6.61. The van der Waals surface area contributed by atoms with Gasteiger partial charge in [-0.25, -0.2) is 4.79 Å². The van der Waals surface area contributed by atoms with E-state index in [9.17, 15) is 4.79 Å². The Bertz CT molecular complexity index is 470. The molecular weight excluding hydrogens is 238 g/mol. The third kappa shape index (κ3) is 3.28. The summed E-state index contributed by atoms with van der Waals surface area (Å²) >= 11 is 0. The minimum Gasteiger partial charge on any atom is -0.478 e. The second kappa shape index (κ2) is 5.64. The van der Waals surface area contributed by atoms with Crippen LogP contribution in [0.25, 0.3) is 0 Å². The Morgan fingerprint density at radius 2 is 2.00 bits per heavy atom. The number of aromatic carboxylic acids is 1. The molecule has 3 unspecified atom stereocenters. The fraction of sp³-hybridized carbons (Fsp3) is 0.562. The molecule has 3 atom stereocenters. The van der Waals surface area contributed by atoms with E-state index >= 15 is 0 Å².